The SMILES string of the molecule is CN(c1ccccc1N)c1ccccc1N. The minimum Gasteiger partial charge on any atom is -0.397 e. The molecule has 0 spiro atoms. The molecule has 0 saturated carbocycles. The third-order valence-electron chi connectivity index (χ3n) is 2.60. The second-order valence-electron chi connectivity index (χ2n) is 3.68. The fraction of sp³-hybridized carbons (Fsp3) is 0.0769. The Bertz CT molecular complexity index is 449. The van der Waals surface area contributed by atoms with Crippen LogP contribution >= 0.6 is 0 Å². The first-order valence-electron chi connectivity index (χ1n) is 5.13. The zero-order valence-electron chi connectivity index (χ0n) is 9.22. The predicted molar refractivity (Wildman–Crippen MR) is 69.8 cm³/mol. The van der Waals surface area contributed by atoms with E-state index in [1.165, 1.54) is 0 Å². The van der Waals surface area contributed by atoms with Gasteiger partial charge in [-0.3, -0.25) is 0 Å². The van der Waals surface area contributed by atoms with Gasteiger partial charge < -0.3 is 16.4 Å². The molecule has 0 aliphatic carbocycles. The molecule has 2 aromatic carbocycles. The van der Waals surface area contributed by atoms with E-state index in [1.807, 2.05) is 60.5 Å². The Hall–Kier alpha value is -2.16. The van der Waals surface area contributed by atoms with Gasteiger partial charge in [-0.15, -0.1) is 0 Å². The van der Waals surface area contributed by atoms with Gasteiger partial charge in [0.1, 0.15) is 0 Å². The predicted octanol–water partition coefficient (Wildman–Crippen LogP) is 2.62. The van der Waals surface area contributed by atoms with E-state index in [0.717, 1.165) is 22.7 Å². The Morgan fingerprint density at radius 3 is 1.50 bits per heavy atom. The molecule has 0 heterocycles. The number of anilines is 4. The summed E-state index contributed by atoms with van der Waals surface area (Å²) in [5, 5.41) is 0. The van der Waals surface area contributed by atoms with Crippen molar-refractivity contribution in [2.45, 2.75) is 0 Å². The first-order valence-corrected chi connectivity index (χ1v) is 5.13. The van der Waals surface area contributed by atoms with E-state index >= 15 is 0 Å². The van der Waals surface area contributed by atoms with Gasteiger partial charge in [-0.25, -0.2) is 0 Å². The maximum absolute atomic E-state index is 5.93. The molecule has 2 aromatic rings. The van der Waals surface area contributed by atoms with E-state index < -0.39 is 0 Å². The zero-order valence-corrected chi connectivity index (χ0v) is 9.22. The molecule has 2 rings (SSSR count). The third kappa shape index (κ3) is 1.80. The summed E-state index contributed by atoms with van der Waals surface area (Å²) < 4.78 is 0. The van der Waals surface area contributed by atoms with Crippen molar-refractivity contribution in [3.05, 3.63) is 48.5 Å². The molecule has 0 atom stereocenters. The normalized spacial score (nSPS) is 10.1. The summed E-state index contributed by atoms with van der Waals surface area (Å²) >= 11 is 0. The van der Waals surface area contributed by atoms with Crippen molar-refractivity contribution in [2.24, 2.45) is 0 Å². The number of nitrogens with two attached hydrogens (primary N) is 2. The van der Waals surface area contributed by atoms with Crippen LogP contribution in [0.25, 0.3) is 0 Å². The molecule has 0 saturated heterocycles. The van der Waals surface area contributed by atoms with Gasteiger partial charge in [0.25, 0.3) is 0 Å². The number of rotatable bonds is 2. The number of nitrogen functional groups attached to an aromatic ring is 2. The third-order valence-corrected chi connectivity index (χ3v) is 2.60. The maximum Gasteiger partial charge on any atom is 0.0642 e. The standard InChI is InChI=1S/C13H15N3/c1-16(12-8-4-2-6-10(12)14)13-9-5-3-7-11(13)15/h2-9H,14-15H2,1H3. The monoisotopic (exact) mass is 213 g/mol. The van der Waals surface area contributed by atoms with Gasteiger partial charge in [0, 0.05) is 7.05 Å². The van der Waals surface area contributed by atoms with Crippen molar-refractivity contribution in [1.82, 2.24) is 0 Å². The maximum atomic E-state index is 5.93. The summed E-state index contributed by atoms with van der Waals surface area (Å²) in [5.41, 5.74) is 15.3. The summed E-state index contributed by atoms with van der Waals surface area (Å²) in [7, 11) is 1.96. The van der Waals surface area contributed by atoms with Gasteiger partial charge in [0.2, 0.25) is 0 Å². The first-order chi connectivity index (χ1) is 7.70. The van der Waals surface area contributed by atoms with Crippen LogP contribution in [0.2, 0.25) is 0 Å². The Morgan fingerprint density at radius 1 is 0.750 bits per heavy atom. The largest absolute Gasteiger partial charge is 0.397 e. The van der Waals surface area contributed by atoms with E-state index in [9.17, 15) is 0 Å². The lowest BCUT2D eigenvalue weighted by atomic mass is 10.2. The Balaban J connectivity index is 2.44. The number of para-hydroxylation sites is 4. The van der Waals surface area contributed by atoms with Crippen LogP contribution in [-0.4, -0.2) is 7.05 Å². The van der Waals surface area contributed by atoms with Gasteiger partial charge in [-0.2, -0.15) is 0 Å². The highest BCUT2D eigenvalue weighted by Gasteiger charge is 2.08. The van der Waals surface area contributed by atoms with Crippen LogP contribution in [0.3, 0.4) is 0 Å². The molecule has 4 N–H and O–H groups in total. The lowest BCUT2D eigenvalue weighted by Gasteiger charge is -2.22. The van der Waals surface area contributed by atoms with Crippen molar-refractivity contribution >= 4 is 22.7 Å². The second-order valence-corrected chi connectivity index (χ2v) is 3.68. The minimum atomic E-state index is 0.744. The van der Waals surface area contributed by atoms with Crippen LogP contribution in [0.5, 0.6) is 0 Å². The average molecular weight is 213 g/mol. The van der Waals surface area contributed by atoms with Crippen LogP contribution in [0.4, 0.5) is 22.7 Å². The lowest BCUT2D eigenvalue weighted by molar-refractivity contribution is 1.21. The molecule has 0 radical (unpaired) electrons. The van der Waals surface area contributed by atoms with Gasteiger partial charge in [0.05, 0.1) is 22.7 Å². The Morgan fingerprint density at radius 2 is 1.12 bits per heavy atom. The summed E-state index contributed by atoms with van der Waals surface area (Å²) in [6, 6.07) is 15.5. The smallest absolute Gasteiger partial charge is 0.0642 e. The van der Waals surface area contributed by atoms with E-state index in [4.69, 9.17) is 11.5 Å². The Kier molecular flexibility index (Phi) is 2.68. The van der Waals surface area contributed by atoms with E-state index in [0.29, 0.717) is 0 Å². The second kappa shape index (κ2) is 4.14. The van der Waals surface area contributed by atoms with E-state index in [1.54, 1.807) is 0 Å². The number of nitrogens with zero attached hydrogens (tertiary/aromatic N) is 1. The van der Waals surface area contributed by atoms with Crippen molar-refractivity contribution in [1.29, 1.82) is 0 Å². The number of hydrogen-bond acceptors (Lipinski definition) is 3. The molecule has 16 heavy (non-hydrogen) atoms. The molecule has 3 heteroatoms. The molecule has 3 nitrogen and oxygen atoms in total. The van der Waals surface area contributed by atoms with Gasteiger partial charge in [-0.05, 0) is 24.3 Å². The summed E-state index contributed by atoms with van der Waals surface area (Å²) in [6.07, 6.45) is 0. The minimum absolute atomic E-state index is 0.744. The van der Waals surface area contributed by atoms with Crippen LogP contribution < -0.4 is 16.4 Å². The number of hydrogen-bond donors (Lipinski definition) is 2. The summed E-state index contributed by atoms with van der Waals surface area (Å²) in [5.74, 6) is 0. The van der Waals surface area contributed by atoms with Crippen LogP contribution in [-0.2, 0) is 0 Å². The van der Waals surface area contributed by atoms with Gasteiger partial charge in [0.15, 0.2) is 0 Å². The highest BCUT2D eigenvalue weighted by Crippen LogP contribution is 2.31. The van der Waals surface area contributed by atoms with Crippen molar-refractivity contribution < 1.29 is 0 Å². The van der Waals surface area contributed by atoms with Crippen LogP contribution in [0.1, 0.15) is 0 Å². The molecule has 0 aromatic heterocycles. The topological polar surface area (TPSA) is 55.3 Å². The molecule has 0 amide bonds. The molecule has 0 unspecified atom stereocenters. The van der Waals surface area contributed by atoms with Crippen LogP contribution in [0.15, 0.2) is 48.5 Å². The van der Waals surface area contributed by atoms with Gasteiger partial charge in [-0.1, -0.05) is 24.3 Å². The van der Waals surface area contributed by atoms with Crippen molar-refractivity contribution in [3.63, 3.8) is 0 Å². The van der Waals surface area contributed by atoms with Gasteiger partial charge >= 0.3 is 0 Å². The molecular formula is C13H15N3. The summed E-state index contributed by atoms with van der Waals surface area (Å²) in [4.78, 5) is 1.99. The Labute approximate surface area is 95.3 Å². The van der Waals surface area contributed by atoms with E-state index in [2.05, 4.69) is 0 Å². The lowest BCUT2D eigenvalue weighted by Crippen LogP contribution is -2.13. The molecule has 82 valence electrons. The fourth-order valence-electron chi connectivity index (χ4n) is 1.72. The quantitative estimate of drug-likeness (QED) is 0.754. The molecule has 0 bridgehead atoms. The van der Waals surface area contributed by atoms with Crippen molar-refractivity contribution in [3.8, 4) is 0 Å². The average Bonchev–Trinajstić information content (AvgIpc) is 2.29. The molecule has 0 fully saturated rings. The summed E-state index contributed by atoms with van der Waals surface area (Å²) in [6.45, 7) is 0. The highest BCUT2D eigenvalue weighted by molar-refractivity contribution is 5.79. The molecular weight excluding hydrogens is 198 g/mol. The molecule has 0 aliphatic heterocycles. The first kappa shape index (κ1) is 10.4. The molecule has 0 aliphatic rings. The van der Waals surface area contributed by atoms with Crippen molar-refractivity contribution in [2.75, 3.05) is 23.4 Å². The van der Waals surface area contributed by atoms with E-state index in [-0.39, 0.29) is 0 Å². The fourth-order valence-corrected chi connectivity index (χ4v) is 1.72. The number of benzene rings is 2. The van der Waals surface area contributed by atoms with Crippen LogP contribution in [0, 0.1) is 0 Å². The highest BCUT2D eigenvalue weighted by atomic mass is 15.1. The zero-order chi connectivity index (χ0) is 11.5.